The second-order valence-electron chi connectivity index (χ2n) is 3.01. The van der Waals surface area contributed by atoms with Gasteiger partial charge in [-0.2, -0.15) is 0 Å². The number of aromatic hydroxyl groups is 1. The van der Waals surface area contributed by atoms with Gasteiger partial charge in [-0.1, -0.05) is 19.1 Å². The van der Waals surface area contributed by atoms with Crippen LogP contribution in [0.4, 0.5) is 4.39 Å². The van der Waals surface area contributed by atoms with Crippen LogP contribution < -0.4 is 5.73 Å². The molecule has 72 valence electrons. The van der Waals surface area contributed by atoms with Crippen LogP contribution in [0.1, 0.15) is 24.1 Å². The first-order valence-corrected chi connectivity index (χ1v) is 4.32. The molecule has 0 fully saturated rings. The third kappa shape index (κ3) is 2.18. The molecule has 0 saturated heterocycles. The zero-order valence-electron chi connectivity index (χ0n) is 7.63. The second kappa shape index (κ2) is 4.23. The predicted molar refractivity (Wildman–Crippen MR) is 50.4 cm³/mol. The molecule has 0 bridgehead atoms. The van der Waals surface area contributed by atoms with Crippen LogP contribution in [0, 0.1) is 0 Å². The van der Waals surface area contributed by atoms with Gasteiger partial charge in [0.25, 0.3) is 0 Å². The molecule has 0 aliphatic carbocycles. The molecule has 0 aliphatic rings. The van der Waals surface area contributed by atoms with E-state index in [4.69, 9.17) is 5.73 Å². The van der Waals surface area contributed by atoms with E-state index in [0.29, 0.717) is 5.56 Å². The summed E-state index contributed by atoms with van der Waals surface area (Å²) in [5.74, 6) is 0.0875. The highest BCUT2D eigenvalue weighted by Crippen LogP contribution is 2.24. The molecule has 0 spiro atoms. The van der Waals surface area contributed by atoms with E-state index in [1.54, 1.807) is 12.1 Å². The van der Waals surface area contributed by atoms with Gasteiger partial charge in [-0.05, 0) is 18.1 Å². The van der Waals surface area contributed by atoms with Crippen molar-refractivity contribution in [2.45, 2.75) is 19.4 Å². The number of halogens is 1. The number of phenolic OH excluding ortho intramolecular Hbond substituents is 1. The first kappa shape index (κ1) is 9.99. The Kier molecular flexibility index (Phi) is 3.25. The van der Waals surface area contributed by atoms with Crippen molar-refractivity contribution in [3.05, 3.63) is 29.3 Å². The molecule has 0 unspecified atom stereocenters. The lowest BCUT2D eigenvalue weighted by molar-refractivity contribution is 0.414. The molecular weight excluding hydrogens is 169 g/mol. The quantitative estimate of drug-likeness (QED) is 0.752. The van der Waals surface area contributed by atoms with Gasteiger partial charge in [0.1, 0.15) is 12.4 Å². The predicted octanol–water partition coefficient (Wildman–Crippen LogP) is 1.92. The number of hydrogen-bond donors (Lipinski definition) is 2. The average molecular weight is 183 g/mol. The van der Waals surface area contributed by atoms with Gasteiger partial charge in [-0.25, -0.2) is 4.39 Å². The van der Waals surface area contributed by atoms with Crippen LogP contribution in [-0.4, -0.2) is 11.8 Å². The van der Waals surface area contributed by atoms with E-state index in [-0.39, 0.29) is 5.75 Å². The molecule has 3 heteroatoms. The first-order chi connectivity index (χ1) is 6.19. The molecule has 1 aromatic carbocycles. The maximum absolute atomic E-state index is 12.2. The lowest BCUT2D eigenvalue weighted by atomic mass is 10.0. The Morgan fingerprint density at radius 3 is 2.69 bits per heavy atom. The van der Waals surface area contributed by atoms with Gasteiger partial charge in [0.05, 0.1) is 6.04 Å². The van der Waals surface area contributed by atoms with Gasteiger partial charge in [-0.3, -0.25) is 0 Å². The molecule has 1 aromatic rings. The molecule has 0 aliphatic heterocycles. The van der Waals surface area contributed by atoms with Crippen LogP contribution in [0.3, 0.4) is 0 Å². The summed E-state index contributed by atoms with van der Waals surface area (Å²) < 4.78 is 12.2. The van der Waals surface area contributed by atoms with E-state index in [9.17, 15) is 9.50 Å². The molecule has 0 aromatic heterocycles. The van der Waals surface area contributed by atoms with Crippen molar-refractivity contribution in [1.29, 1.82) is 0 Å². The molecule has 13 heavy (non-hydrogen) atoms. The zero-order valence-corrected chi connectivity index (χ0v) is 7.63. The van der Waals surface area contributed by atoms with E-state index in [2.05, 4.69) is 0 Å². The zero-order chi connectivity index (χ0) is 9.84. The highest BCUT2D eigenvalue weighted by molar-refractivity contribution is 5.38. The lowest BCUT2D eigenvalue weighted by Crippen LogP contribution is -2.12. The summed E-state index contributed by atoms with van der Waals surface area (Å²) in [6.45, 7) is 1.34. The maximum Gasteiger partial charge on any atom is 0.120 e. The van der Waals surface area contributed by atoms with Gasteiger partial charge in [0.15, 0.2) is 0 Å². The van der Waals surface area contributed by atoms with Gasteiger partial charge in [0, 0.05) is 5.56 Å². The van der Waals surface area contributed by atoms with Crippen LogP contribution in [-0.2, 0) is 6.42 Å². The fourth-order valence-electron chi connectivity index (χ4n) is 1.21. The highest BCUT2D eigenvalue weighted by Gasteiger charge is 2.10. The number of alkyl halides is 1. The fourth-order valence-corrected chi connectivity index (χ4v) is 1.21. The molecule has 1 rings (SSSR count). The molecule has 3 N–H and O–H groups in total. The number of benzene rings is 1. The van der Waals surface area contributed by atoms with E-state index < -0.39 is 12.7 Å². The number of aryl methyl sites for hydroxylation is 1. The lowest BCUT2D eigenvalue weighted by Gasteiger charge is -2.10. The van der Waals surface area contributed by atoms with Gasteiger partial charge < -0.3 is 10.8 Å². The minimum absolute atomic E-state index is 0.0875. The molecule has 0 amide bonds. The Bertz CT molecular complexity index is 288. The van der Waals surface area contributed by atoms with Gasteiger partial charge in [0.2, 0.25) is 0 Å². The summed E-state index contributed by atoms with van der Waals surface area (Å²) in [6, 6.07) is 4.44. The SMILES string of the molecule is CCc1ccc([C@@H](N)CF)c(O)c1. The Morgan fingerprint density at radius 2 is 2.23 bits per heavy atom. The van der Waals surface area contributed by atoms with Crippen molar-refractivity contribution in [3.63, 3.8) is 0 Å². The van der Waals surface area contributed by atoms with E-state index in [1.165, 1.54) is 0 Å². The second-order valence-corrected chi connectivity index (χ2v) is 3.01. The smallest absolute Gasteiger partial charge is 0.120 e. The Morgan fingerprint density at radius 1 is 1.54 bits per heavy atom. The average Bonchev–Trinajstić information content (AvgIpc) is 2.16. The summed E-state index contributed by atoms with van der Waals surface area (Å²) in [6.07, 6.45) is 0.846. The minimum Gasteiger partial charge on any atom is -0.508 e. The molecule has 1 atom stereocenters. The normalized spacial score (nSPS) is 12.8. The number of nitrogens with two attached hydrogens (primary N) is 1. The van der Waals surface area contributed by atoms with Crippen LogP contribution in [0.25, 0.3) is 0 Å². The van der Waals surface area contributed by atoms with Crippen LogP contribution >= 0.6 is 0 Å². The highest BCUT2D eigenvalue weighted by atomic mass is 19.1. The topological polar surface area (TPSA) is 46.2 Å². The third-order valence-electron chi connectivity index (χ3n) is 2.07. The summed E-state index contributed by atoms with van der Waals surface area (Å²) in [5, 5.41) is 9.48. The van der Waals surface area contributed by atoms with Crippen molar-refractivity contribution in [2.75, 3.05) is 6.67 Å². The number of phenols is 1. The minimum atomic E-state index is -0.717. The Balaban J connectivity index is 2.98. The molecule has 0 radical (unpaired) electrons. The molecular formula is C10H14FNO. The largest absolute Gasteiger partial charge is 0.508 e. The van der Waals surface area contributed by atoms with E-state index in [1.807, 2.05) is 13.0 Å². The molecule has 0 saturated carbocycles. The van der Waals surface area contributed by atoms with Gasteiger partial charge in [-0.15, -0.1) is 0 Å². The molecule has 2 nitrogen and oxygen atoms in total. The number of hydrogen-bond acceptors (Lipinski definition) is 2. The monoisotopic (exact) mass is 183 g/mol. The van der Waals surface area contributed by atoms with Crippen molar-refractivity contribution < 1.29 is 9.50 Å². The van der Waals surface area contributed by atoms with Crippen molar-refractivity contribution in [1.82, 2.24) is 0 Å². The van der Waals surface area contributed by atoms with E-state index >= 15 is 0 Å². The fraction of sp³-hybridized carbons (Fsp3) is 0.400. The third-order valence-corrected chi connectivity index (χ3v) is 2.07. The summed E-state index contributed by atoms with van der Waals surface area (Å²) in [5.41, 5.74) is 6.94. The van der Waals surface area contributed by atoms with Crippen LogP contribution in [0.2, 0.25) is 0 Å². The summed E-state index contributed by atoms with van der Waals surface area (Å²) >= 11 is 0. The van der Waals surface area contributed by atoms with Gasteiger partial charge >= 0.3 is 0 Å². The summed E-state index contributed by atoms with van der Waals surface area (Å²) in [7, 11) is 0. The Labute approximate surface area is 77.2 Å². The number of rotatable bonds is 3. The van der Waals surface area contributed by atoms with Crippen molar-refractivity contribution in [2.24, 2.45) is 5.73 Å². The van der Waals surface area contributed by atoms with Crippen molar-refractivity contribution >= 4 is 0 Å². The van der Waals surface area contributed by atoms with Crippen LogP contribution in [0.5, 0.6) is 5.75 Å². The summed E-state index contributed by atoms with van der Waals surface area (Å²) in [4.78, 5) is 0. The van der Waals surface area contributed by atoms with Crippen LogP contribution in [0.15, 0.2) is 18.2 Å². The Hall–Kier alpha value is -1.09. The first-order valence-electron chi connectivity index (χ1n) is 4.32. The standard InChI is InChI=1S/C10H14FNO/c1-2-7-3-4-8(9(12)6-11)10(13)5-7/h3-5,9,13H,2,6,12H2,1H3/t9-/m0/s1. The van der Waals surface area contributed by atoms with E-state index in [0.717, 1.165) is 12.0 Å². The van der Waals surface area contributed by atoms with Crippen molar-refractivity contribution in [3.8, 4) is 5.75 Å². The maximum atomic E-state index is 12.2. The molecule has 0 heterocycles.